The van der Waals surface area contributed by atoms with E-state index in [9.17, 15) is 53.4 Å². The van der Waals surface area contributed by atoms with E-state index in [4.69, 9.17) is 29.4 Å². The maximum absolute atomic E-state index is 13.8. The molecule has 1 aromatic carbocycles. The van der Waals surface area contributed by atoms with E-state index in [-0.39, 0.29) is 136 Å². The number of imide groups is 1. The molecule has 466 valence electrons. The number of nitrogens with one attached hydrogen (secondary N) is 2. The Bertz CT molecular complexity index is 2520. The lowest BCUT2D eigenvalue weighted by atomic mass is 9.85. The SMILES string of the molecule is CO[C@H]([C@@H](C)[C@H]1O[C@]1(C)C[C@H](C)/C=C/C=C(\C)[C@H]1O[C@@H](CC(=O)O)C[C@@H](OC(=O)N2CCCN(C(=O)OCc3ccc(CC(=O)[C@H](CCCNC(N)=O)NC(=O)[C@H](CC(=O)CCCCCN4C(=O)C=CC4=O)C(C)C)cc3)CC2)[C@@H]1C)[C@@H](C)O. The number of urea groups is 1. The quantitative estimate of drug-likeness (QED) is 0.0220. The molecule has 0 saturated carbocycles. The molecule has 4 aliphatic rings. The van der Waals surface area contributed by atoms with Gasteiger partial charge in [0.1, 0.15) is 18.5 Å². The monoisotopic (exact) mass is 1180 g/mol. The number of aliphatic carboxylic acids is 1. The van der Waals surface area contributed by atoms with Crippen LogP contribution in [0.4, 0.5) is 14.4 Å². The number of nitrogens with two attached hydrogens (primary N) is 1. The smallest absolute Gasteiger partial charge is 0.410 e. The Labute approximate surface area is 494 Å². The average molecular weight is 1180 g/mol. The van der Waals surface area contributed by atoms with E-state index in [1.54, 1.807) is 43.2 Å². The molecule has 0 aromatic heterocycles. The number of Topliss-reactive ketones (excluding diaryl/α,β-unsaturated/α-hetero) is 2. The van der Waals surface area contributed by atoms with Crippen molar-refractivity contribution in [2.24, 2.45) is 35.3 Å². The molecule has 4 heterocycles. The zero-order chi connectivity index (χ0) is 61.8. The number of amides is 7. The fourth-order valence-electron chi connectivity index (χ4n) is 11.7. The lowest BCUT2D eigenvalue weighted by molar-refractivity contribution is -0.151. The first-order valence-corrected chi connectivity index (χ1v) is 29.8. The van der Waals surface area contributed by atoms with Gasteiger partial charge in [-0.2, -0.15) is 0 Å². The maximum atomic E-state index is 13.8. The average Bonchev–Trinajstić information content (AvgIpc) is 2.02. The molecule has 0 radical (unpaired) electrons. The van der Waals surface area contributed by atoms with Crippen LogP contribution in [0.15, 0.2) is 60.2 Å². The number of aliphatic hydroxyl groups excluding tert-OH is 1. The fraction of sp³-hybridized carbons (Fsp3) is 0.661. The van der Waals surface area contributed by atoms with Crippen molar-refractivity contribution >= 4 is 53.5 Å². The molecular weight excluding hydrogens is 1080 g/mol. The Balaban J connectivity index is 1.09. The zero-order valence-electron chi connectivity index (χ0n) is 50.6. The second kappa shape index (κ2) is 32.7. The van der Waals surface area contributed by atoms with Crippen LogP contribution in [-0.4, -0.2) is 173 Å². The highest BCUT2D eigenvalue weighted by atomic mass is 16.6. The minimum Gasteiger partial charge on any atom is -0.481 e. The summed E-state index contributed by atoms with van der Waals surface area (Å²) in [6, 6.07) is 5.31. The second-order valence-corrected chi connectivity index (χ2v) is 23.8. The van der Waals surface area contributed by atoms with Crippen molar-refractivity contribution < 1.29 is 77.0 Å². The van der Waals surface area contributed by atoms with Crippen LogP contribution >= 0.6 is 0 Å². The Morgan fingerprint density at radius 1 is 0.905 bits per heavy atom. The van der Waals surface area contributed by atoms with Crippen LogP contribution in [0.2, 0.25) is 0 Å². The highest BCUT2D eigenvalue weighted by Gasteiger charge is 2.57. The van der Waals surface area contributed by atoms with Crippen molar-refractivity contribution in [2.45, 2.75) is 187 Å². The second-order valence-electron chi connectivity index (χ2n) is 23.8. The first-order chi connectivity index (χ1) is 39.8. The van der Waals surface area contributed by atoms with Crippen LogP contribution in [0.25, 0.3) is 0 Å². The molecule has 0 spiro atoms. The number of primary amides is 1. The van der Waals surface area contributed by atoms with E-state index in [0.29, 0.717) is 56.3 Å². The van der Waals surface area contributed by atoms with Crippen LogP contribution in [0.5, 0.6) is 0 Å². The zero-order valence-corrected chi connectivity index (χ0v) is 50.6. The van der Waals surface area contributed by atoms with E-state index in [2.05, 4.69) is 30.6 Å². The molecule has 0 aliphatic carbocycles. The number of nitrogens with zero attached hydrogens (tertiary/aromatic N) is 3. The molecule has 0 bridgehead atoms. The van der Waals surface area contributed by atoms with Crippen molar-refractivity contribution in [2.75, 3.05) is 46.4 Å². The Morgan fingerprint density at radius 2 is 1.56 bits per heavy atom. The molecule has 22 heteroatoms. The third-order valence-corrected chi connectivity index (χ3v) is 16.5. The number of allylic oxidation sites excluding steroid dienone is 3. The van der Waals surface area contributed by atoms with Crippen molar-refractivity contribution in [3.05, 3.63) is 71.3 Å². The molecule has 22 nitrogen and oxygen atoms in total. The molecule has 1 aromatic rings. The van der Waals surface area contributed by atoms with Crippen LogP contribution in [-0.2, 0) is 65.5 Å². The van der Waals surface area contributed by atoms with Gasteiger partial charge in [-0.3, -0.25) is 33.7 Å². The van der Waals surface area contributed by atoms with E-state index in [1.165, 1.54) is 17.1 Å². The number of unbranched alkanes of at least 4 members (excludes halogenated alkanes) is 2. The van der Waals surface area contributed by atoms with Gasteiger partial charge in [0, 0.05) is 102 Å². The Hall–Kier alpha value is -6.49. The first kappa shape index (κ1) is 68.3. The summed E-state index contributed by atoms with van der Waals surface area (Å²) in [7, 11) is 1.59. The van der Waals surface area contributed by atoms with Gasteiger partial charge < -0.3 is 60.1 Å². The lowest BCUT2D eigenvalue weighted by Gasteiger charge is -2.40. The summed E-state index contributed by atoms with van der Waals surface area (Å²) in [4.78, 5) is 119. The number of hydrogen-bond donors (Lipinski definition) is 5. The molecule has 0 unspecified atom stereocenters. The van der Waals surface area contributed by atoms with Gasteiger partial charge in [0.05, 0.1) is 48.6 Å². The number of epoxide rings is 1. The van der Waals surface area contributed by atoms with Crippen LogP contribution in [0, 0.1) is 29.6 Å². The summed E-state index contributed by atoms with van der Waals surface area (Å²) < 4.78 is 29.8. The number of carbonyl (C=O) groups excluding carboxylic acids is 8. The van der Waals surface area contributed by atoms with Gasteiger partial charge in [0.15, 0.2) is 5.78 Å². The summed E-state index contributed by atoms with van der Waals surface area (Å²) in [6.45, 7) is 16.9. The van der Waals surface area contributed by atoms with Gasteiger partial charge in [-0.15, -0.1) is 0 Å². The number of hydrogen-bond acceptors (Lipinski definition) is 15. The lowest BCUT2D eigenvalue weighted by Crippen LogP contribution is -2.48. The number of methoxy groups -OCH3 is 1. The third-order valence-electron chi connectivity index (χ3n) is 16.5. The Morgan fingerprint density at radius 3 is 2.18 bits per heavy atom. The van der Waals surface area contributed by atoms with Crippen molar-refractivity contribution in [1.82, 2.24) is 25.3 Å². The molecule has 12 atom stereocenters. The van der Waals surface area contributed by atoms with Crippen LogP contribution in [0.3, 0.4) is 0 Å². The maximum Gasteiger partial charge on any atom is 0.410 e. The van der Waals surface area contributed by atoms with E-state index < -0.39 is 66.5 Å². The number of benzene rings is 1. The van der Waals surface area contributed by atoms with Gasteiger partial charge in [-0.1, -0.05) is 83.5 Å². The molecule has 84 heavy (non-hydrogen) atoms. The number of carboxylic acid groups (broad SMARTS) is 1. The van der Waals surface area contributed by atoms with E-state index in [0.717, 1.165) is 16.9 Å². The van der Waals surface area contributed by atoms with Crippen molar-refractivity contribution in [1.29, 1.82) is 0 Å². The Kier molecular flexibility index (Phi) is 26.6. The summed E-state index contributed by atoms with van der Waals surface area (Å²) >= 11 is 0. The minimum atomic E-state index is -1.03. The van der Waals surface area contributed by atoms with Crippen LogP contribution < -0.4 is 16.4 Å². The number of rotatable bonds is 32. The summed E-state index contributed by atoms with van der Waals surface area (Å²) in [5.74, 6) is -3.61. The predicted octanol–water partition coefficient (Wildman–Crippen LogP) is 6.58. The highest BCUT2D eigenvalue weighted by molar-refractivity contribution is 6.12. The van der Waals surface area contributed by atoms with Gasteiger partial charge in [0.2, 0.25) is 5.91 Å². The first-order valence-electron chi connectivity index (χ1n) is 29.8. The molecule has 5 rings (SSSR count). The molecular formula is C62H92N6O16. The highest BCUT2D eigenvalue weighted by Crippen LogP contribution is 2.47. The van der Waals surface area contributed by atoms with Gasteiger partial charge >= 0.3 is 24.2 Å². The molecule has 3 saturated heterocycles. The van der Waals surface area contributed by atoms with Gasteiger partial charge in [0.25, 0.3) is 11.8 Å². The molecule has 7 amide bonds. The summed E-state index contributed by atoms with van der Waals surface area (Å²) in [5, 5.41) is 25.3. The van der Waals surface area contributed by atoms with Crippen molar-refractivity contribution in [3.8, 4) is 0 Å². The molecule has 3 fully saturated rings. The van der Waals surface area contributed by atoms with Crippen LogP contribution in [0.1, 0.15) is 137 Å². The number of ether oxygens (including phenoxy) is 5. The number of ketones is 2. The largest absolute Gasteiger partial charge is 0.481 e. The van der Waals surface area contributed by atoms with Gasteiger partial charge in [-0.25, -0.2) is 14.4 Å². The topological polar surface area (TPSA) is 303 Å². The van der Waals surface area contributed by atoms with E-state index >= 15 is 0 Å². The number of carboxylic acids is 1. The molecule has 4 aliphatic heterocycles. The number of carbonyl (C=O) groups is 9. The summed E-state index contributed by atoms with van der Waals surface area (Å²) in [5.41, 5.74) is 7.05. The third kappa shape index (κ3) is 20.9. The predicted molar refractivity (Wildman–Crippen MR) is 311 cm³/mol. The summed E-state index contributed by atoms with van der Waals surface area (Å²) in [6.07, 6.45) is 8.06. The van der Waals surface area contributed by atoms with E-state index in [1.807, 2.05) is 46.8 Å². The standard InChI is InChI=1S/C62H92N6O16/c1-38(2)48(33-46(70)18-11-10-12-29-68-52(72)24-25-53(68)73)58(76)65-49(19-14-26-64-59(63)77)50(71)32-44-20-22-45(23-21-44)37-81-60(78)66-27-15-28-67(31-30-66)61(79)83-51-34-47(35-54(74)75)82-55(41(51)5)40(4)17-13-16-39(3)36-62(8)57(84-62)42(6)56(80-9)43(7)69/h13,16-17,20-25,38-39,41-43,47-49,51,55-57,69H,10-12,14-15,18-19,26-37H2,1-9H3,(H,65,76)(H,74,75)(H3,63,64,77)/b16-13+,40-17+/t39-,41+,42-,43-,47-,48-,49+,51-,55-,56-,57-,62-/m1/s1. The van der Waals surface area contributed by atoms with Gasteiger partial charge in [-0.05, 0) is 87.8 Å². The normalized spacial score (nSPS) is 24.0. The number of aliphatic hydroxyl groups is 1. The minimum absolute atomic E-state index is 0.00832. The fourth-order valence-corrected chi connectivity index (χ4v) is 11.7. The van der Waals surface area contributed by atoms with Crippen molar-refractivity contribution in [3.63, 3.8) is 0 Å². The molecule has 6 N–H and O–H groups in total.